The molecule has 5 heteroatoms. The number of amides is 1. The molecule has 0 unspecified atom stereocenters. The fourth-order valence-corrected chi connectivity index (χ4v) is 2.41. The molecule has 3 heterocycles. The lowest BCUT2D eigenvalue weighted by Crippen LogP contribution is -2.29. The molecule has 0 saturated heterocycles. The molecule has 3 rings (SSSR count). The van der Waals surface area contributed by atoms with Gasteiger partial charge in [0.2, 0.25) is 0 Å². The normalized spacial score (nSPS) is 10.8. The van der Waals surface area contributed by atoms with Gasteiger partial charge in [0.1, 0.15) is 5.65 Å². The van der Waals surface area contributed by atoms with Crippen molar-refractivity contribution in [3.8, 4) is 0 Å². The van der Waals surface area contributed by atoms with E-state index >= 15 is 0 Å². The van der Waals surface area contributed by atoms with Crippen LogP contribution in [0.1, 0.15) is 21.6 Å². The molecular formula is C17H18N4O. The van der Waals surface area contributed by atoms with Crippen molar-refractivity contribution < 1.29 is 4.79 Å². The standard InChI is InChI=1S/C17H18N4O/c1-13-11-21-12-15(3-4-16(21)19-13)17(22)20(2)10-7-14-5-8-18-9-6-14/h3-6,8-9,11-12H,7,10H2,1-2H3. The van der Waals surface area contributed by atoms with E-state index < -0.39 is 0 Å². The van der Waals surface area contributed by atoms with E-state index in [1.807, 2.05) is 55.0 Å². The summed E-state index contributed by atoms with van der Waals surface area (Å²) < 4.78 is 1.89. The summed E-state index contributed by atoms with van der Waals surface area (Å²) >= 11 is 0. The van der Waals surface area contributed by atoms with Crippen molar-refractivity contribution >= 4 is 11.6 Å². The van der Waals surface area contributed by atoms with Crippen molar-refractivity contribution in [1.82, 2.24) is 19.3 Å². The zero-order valence-corrected chi connectivity index (χ0v) is 12.7. The van der Waals surface area contributed by atoms with Gasteiger partial charge < -0.3 is 9.30 Å². The predicted molar refractivity (Wildman–Crippen MR) is 84.8 cm³/mol. The van der Waals surface area contributed by atoms with Crippen molar-refractivity contribution in [1.29, 1.82) is 0 Å². The third-order valence-electron chi connectivity index (χ3n) is 3.65. The summed E-state index contributed by atoms with van der Waals surface area (Å²) in [7, 11) is 1.83. The Kier molecular flexibility index (Phi) is 3.87. The molecule has 112 valence electrons. The molecule has 0 aliphatic rings. The number of pyridine rings is 2. The van der Waals surface area contributed by atoms with E-state index in [2.05, 4.69) is 9.97 Å². The van der Waals surface area contributed by atoms with Crippen LogP contribution < -0.4 is 0 Å². The zero-order valence-electron chi connectivity index (χ0n) is 12.7. The fourth-order valence-electron chi connectivity index (χ4n) is 2.41. The second-order valence-corrected chi connectivity index (χ2v) is 5.40. The molecule has 0 aliphatic carbocycles. The number of fused-ring (bicyclic) bond motifs is 1. The number of likely N-dealkylation sites (N-methyl/N-ethyl adjacent to an activating group) is 1. The number of aromatic nitrogens is 3. The van der Waals surface area contributed by atoms with Gasteiger partial charge in [-0.25, -0.2) is 4.98 Å². The Morgan fingerprint density at radius 2 is 1.95 bits per heavy atom. The molecule has 0 saturated carbocycles. The highest BCUT2D eigenvalue weighted by Gasteiger charge is 2.12. The summed E-state index contributed by atoms with van der Waals surface area (Å²) in [6.07, 6.45) is 8.11. The van der Waals surface area contributed by atoms with Gasteiger partial charge in [-0.2, -0.15) is 0 Å². The maximum atomic E-state index is 12.5. The van der Waals surface area contributed by atoms with Gasteiger partial charge in [-0.05, 0) is 43.2 Å². The lowest BCUT2D eigenvalue weighted by Gasteiger charge is -2.17. The van der Waals surface area contributed by atoms with Gasteiger partial charge in [0.05, 0.1) is 11.3 Å². The topological polar surface area (TPSA) is 50.5 Å². The molecule has 0 aliphatic heterocycles. The van der Waals surface area contributed by atoms with E-state index in [4.69, 9.17) is 0 Å². The number of nitrogens with zero attached hydrogens (tertiary/aromatic N) is 4. The van der Waals surface area contributed by atoms with Crippen LogP contribution in [0.3, 0.4) is 0 Å². The van der Waals surface area contributed by atoms with Gasteiger partial charge in [-0.1, -0.05) is 0 Å². The predicted octanol–water partition coefficient (Wildman–Crippen LogP) is 2.35. The van der Waals surface area contributed by atoms with Crippen LogP contribution in [-0.4, -0.2) is 38.8 Å². The number of hydrogen-bond donors (Lipinski definition) is 0. The molecule has 22 heavy (non-hydrogen) atoms. The van der Waals surface area contributed by atoms with Crippen LogP contribution in [0.25, 0.3) is 5.65 Å². The Bertz CT molecular complexity index is 795. The van der Waals surface area contributed by atoms with Gasteiger partial charge >= 0.3 is 0 Å². The Hall–Kier alpha value is -2.69. The Labute approximate surface area is 129 Å². The first-order valence-electron chi connectivity index (χ1n) is 7.23. The van der Waals surface area contributed by atoms with E-state index in [1.54, 1.807) is 17.3 Å². The SMILES string of the molecule is Cc1cn2cc(C(=O)N(C)CCc3ccncc3)ccc2n1. The molecule has 0 spiro atoms. The van der Waals surface area contributed by atoms with Crippen molar-refractivity contribution in [3.05, 3.63) is 65.9 Å². The molecule has 0 radical (unpaired) electrons. The average molecular weight is 294 g/mol. The van der Waals surface area contributed by atoms with E-state index in [-0.39, 0.29) is 5.91 Å². The minimum Gasteiger partial charge on any atom is -0.341 e. The highest BCUT2D eigenvalue weighted by atomic mass is 16.2. The highest BCUT2D eigenvalue weighted by Crippen LogP contribution is 2.10. The van der Waals surface area contributed by atoms with Crippen LogP contribution in [0.15, 0.2) is 49.1 Å². The summed E-state index contributed by atoms with van der Waals surface area (Å²) in [6.45, 7) is 2.61. The van der Waals surface area contributed by atoms with Crippen molar-refractivity contribution in [2.24, 2.45) is 0 Å². The number of imidazole rings is 1. The van der Waals surface area contributed by atoms with Crippen molar-refractivity contribution in [2.45, 2.75) is 13.3 Å². The molecule has 1 amide bonds. The number of carbonyl (C=O) groups is 1. The van der Waals surface area contributed by atoms with E-state index in [0.717, 1.165) is 17.8 Å². The molecule has 3 aromatic heterocycles. The smallest absolute Gasteiger partial charge is 0.255 e. The van der Waals surface area contributed by atoms with E-state index in [9.17, 15) is 4.79 Å². The highest BCUT2D eigenvalue weighted by molar-refractivity contribution is 5.94. The summed E-state index contributed by atoms with van der Waals surface area (Å²) in [5.41, 5.74) is 3.64. The number of hydrogen-bond acceptors (Lipinski definition) is 3. The molecule has 3 aromatic rings. The monoisotopic (exact) mass is 294 g/mol. The molecule has 5 nitrogen and oxygen atoms in total. The summed E-state index contributed by atoms with van der Waals surface area (Å²) in [5, 5.41) is 0. The zero-order chi connectivity index (χ0) is 15.5. The van der Waals surface area contributed by atoms with Gasteiger partial charge in [-0.3, -0.25) is 9.78 Å². The first-order chi connectivity index (χ1) is 10.6. The molecule has 0 N–H and O–H groups in total. The van der Waals surface area contributed by atoms with E-state index in [1.165, 1.54) is 5.56 Å². The average Bonchev–Trinajstić information content (AvgIpc) is 2.92. The minimum atomic E-state index is 0.0160. The lowest BCUT2D eigenvalue weighted by molar-refractivity contribution is 0.0796. The molecule has 0 bridgehead atoms. The van der Waals surface area contributed by atoms with Gasteiger partial charge in [0.25, 0.3) is 5.91 Å². The van der Waals surface area contributed by atoms with Crippen LogP contribution in [0.5, 0.6) is 0 Å². The van der Waals surface area contributed by atoms with Gasteiger partial charge in [-0.15, -0.1) is 0 Å². The summed E-state index contributed by atoms with van der Waals surface area (Å²) in [6, 6.07) is 7.64. The Morgan fingerprint density at radius 1 is 1.18 bits per heavy atom. The summed E-state index contributed by atoms with van der Waals surface area (Å²) in [5.74, 6) is 0.0160. The van der Waals surface area contributed by atoms with Crippen LogP contribution in [-0.2, 0) is 6.42 Å². The van der Waals surface area contributed by atoms with Crippen molar-refractivity contribution in [3.63, 3.8) is 0 Å². The van der Waals surface area contributed by atoms with Crippen LogP contribution in [0.4, 0.5) is 0 Å². The molecule has 0 aromatic carbocycles. The largest absolute Gasteiger partial charge is 0.341 e. The third kappa shape index (κ3) is 2.98. The number of aryl methyl sites for hydroxylation is 1. The van der Waals surface area contributed by atoms with Gasteiger partial charge in [0, 0.05) is 38.4 Å². The lowest BCUT2D eigenvalue weighted by atomic mass is 10.2. The maximum absolute atomic E-state index is 12.5. The summed E-state index contributed by atoms with van der Waals surface area (Å²) in [4.78, 5) is 22.6. The van der Waals surface area contributed by atoms with Crippen molar-refractivity contribution in [2.75, 3.05) is 13.6 Å². The minimum absolute atomic E-state index is 0.0160. The second kappa shape index (κ2) is 5.97. The van der Waals surface area contributed by atoms with E-state index in [0.29, 0.717) is 12.1 Å². The Balaban J connectivity index is 1.71. The molecule has 0 fully saturated rings. The first-order valence-corrected chi connectivity index (χ1v) is 7.23. The maximum Gasteiger partial charge on any atom is 0.255 e. The first kappa shape index (κ1) is 14.3. The van der Waals surface area contributed by atoms with Crippen LogP contribution >= 0.6 is 0 Å². The second-order valence-electron chi connectivity index (χ2n) is 5.40. The molecular weight excluding hydrogens is 276 g/mol. The third-order valence-corrected chi connectivity index (χ3v) is 3.65. The molecule has 0 atom stereocenters. The van der Waals surface area contributed by atoms with Crippen LogP contribution in [0.2, 0.25) is 0 Å². The van der Waals surface area contributed by atoms with Crippen LogP contribution in [0, 0.1) is 6.92 Å². The Morgan fingerprint density at radius 3 is 2.73 bits per heavy atom. The number of carbonyl (C=O) groups excluding carboxylic acids is 1. The number of rotatable bonds is 4. The quantitative estimate of drug-likeness (QED) is 0.742. The van der Waals surface area contributed by atoms with Gasteiger partial charge in [0.15, 0.2) is 0 Å². The fraction of sp³-hybridized carbons (Fsp3) is 0.235.